The Hall–Kier alpha value is -0.560. The van der Waals surface area contributed by atoms with E-state index >= 15 is 0 Å². The lowest BCUT2D eigenvalue weighted by Gasteiger charge is -2.21. The van der Waals surface area contributed by atoms with Gasteiger partial charge in [0.15, 0.2) is 0 Å². The molecule has 0 aliphatic heterocycles. The van der Waals surface area contributed by atoms with E-state index in [0.29, 0.717) is 5.75 Å². The van der Waals surface area contributed by atoms with Crippen molar-refractivity contribution >= 4 is 35.6 Å². The van der Waals surface area contributed by atoms with Crippen molar-refractivity contribution in [1.29, 1.82) is 0 Å². The average Bonchev–Trinajstić information content (AvgIpc) is 2.19. The van der Waals surface area contributed by atoms with Crippen molar-refractivity contribution < 1.29 is 19.4 Å². The van der Waals surface area contributed by atoms with Gasteiger partial charge in [-0.1, -0.05) is 0 Å². The molecule has 18 heavy (non-hydrogen) atoms. The van der Waals surface area contributed by atoms with Crippen LogP contribution in [0.4, 0.5) is 4.79 Å². The van der Waals surface area contributed by atoms with Crippen LogP contribution >= 0.6 is 23.5 Å². The SMILES string of the molecule is CSCCSCC(NC(=O)OC(C)(C)C)C(=O)O. The van der Waals surface area contributed by atoms with E-state index in [0.717, 1.165) is 11.5 Å². The Labute approximate surface area is 116 Å². The number of alkyl carbamates (subject to hydrolysis) is 1. The molecule has 2 N–H and O–H groups in total. The van der Waals surface area contributed by atoms with Crippen molar-refractivity contribution in [3.63, 3.8) is 0 Å². The van der Waals surface area contributed by atoms with Gasteiger partial charge >= 0.3 is 12.1 Å². The number of amides is 1. The Kier molecular flexibility index (Phi) is 8.26. The van der Waals surface area contributed by atoms with E-state index in [2.05, 4.69) is 5.32 Å². The van der Waals surface area contributed by atoms with Gasteiger partial charge in [0.2, 0.25) is 0 Å². The first kappa shape index (κ1) is 17.4. The number of nitrogens with one attached hydrogen (secondary N) is 1. The van der Waals surface area contributed by atoms with Crippen molar-refractivity contribution in [2.24, 2.45) is 0 Å². The average molecular weight is 295 g/mol. The molecule has 0 aliphatic carbocycles. The minimum atomic E-state index is -1.04. The summed E-state index contributed by atoms with van der Waals surface area (Å²) < 4.78 is 5.02. The van der Waals surface area contributed by atoms with Crippen molar-refractivity contribution in [2.45, 2.75) is 32.4 Å². The number of carbonyl (C=O) groups is 2. The Morgan fingerprint density at radius 2 is 1.94 bits per heavy atom. The highest BCUT2D eigenvalue weighted by Gasteiger charge is 2.23. The van der Waals surface area contributed by atoms with Gasteiger partial charge in [-0.3, -0.25) is 0 Å². The number of hydrogen-bond acceptors (Lipinski definition) is 5. The van der Waals surface area contributed by atoms with Crippen molar-refractivity contribution in [1.82, 2.24) is 5.32 Å². The summed E-state index contributed by atoms with van der Waals surface area (Å²) in [5.74, 6) is 1.12. The number of carboxylic acid groups (broad SMARTS) is 1. The Morgan fingerprint density at radius 1 is 1.33 bits per heavy atom. The largest absolute Gasteiger partial charge is 0.480 e. The Morgan fingerprint density at radius 3 is 2.39 bits per heavy atom. The summed E-state index contributed by atoms with van der Waals surface area (Å²) in [6.45, 7) is 5.20. The van der Waals surface area contributed by atoms with E-state index in [1.807, 2.05) is 6.26 Å². The van der Waals surface area contributed by atoms with E-state index in [1.165, 1.54) is 11.8 Å². The molecule has 0 aliphatic rings. The van der Waals surface area contributed by atoms with Gasteiger partial charge in [0.05, 0.1) is 0 Å². The van der Waals surface area contributed by atoms with Crippen LogP contribution in [0.1, 0.15) is 20.8 Å². The summed E-state index contributed by atoms with van der Waals surface area (Å²) >= 11 is 3.21. The second-order valence-corrected chi connectivity index (χ2v) is 6.74. The minimum absolute atomic E-state index is 0.342. The molecule has 1 atom stereocenters. The van der Waals surface area contributed by atoms with Gasteiger partial charge in [0, 0.05) is 17.3 Å². The van der Waals surface area contributed by atoms with Gasteiger partial charge in [-0.05, 0) is 27.0 Å². The van der Waals surface area contributed by atoms with Gasteiger partial charge in [-0.2, -0.15) is 23.5 Å². The molecular weight excluding hydrogens is 274 g/mol. The molecule has 0 spiro atoms. The summed E-state index contributed by atoms with van der Waals surface area (Å²) in [5, 5.41) is 11.3. The van der Waals surface area contributed by atoms with E-state index in [-0.39, 0.29) is 0 Å². The van der Waals surface area contributed by atoms with Crippen LogP contribution in [0.5, 0.6) is 0 Å². The summed E-state index contributed by atoms with van der Waals surface area (Å²) in [4.78, 5) is 22.4. The third-order valence-corrected chi connectivity index (χ3v) is 3.64. The number of carboxylic acids is 1. The number of carbonyl (C=O) groups excluding carboxylic acids is 1. The number of thioether (sulfide) groups is 2. The van der Waals surface area contributed by atoms with E-state index in [1.54, 1.807) is 32.5 Å². The molecule has 0 aromatic heterocycles. The summed E-state index contributed by atoms with van der Waals surface area (Å²) in [6, 6.07) is -0.910. The molecular formula is C11H21NO4S2. The molecule has 1 unspecified atom stereocenters. The molecule has 0 saturated heterocycles. The number of hydrogen-bond donors (Lipinski definition) is 2. The van der Waals surface area contributed by atoms with Crippen LogP contribution in [-0.4, -0.2) is 52.3 Å². The number of ether oxygens (including phenoxy) is 1. The molecule has 5 nitrogen and oxygen atoms in total. The third-order valence-electron chi connectivity index (χ3n) is 1.71. The predicted octanol–water partition coefficient (Wildman–Crippen LogP) is 2.06. The predicted molar refractivity (Wildman–Crippen MR) is 76.5 cm³/mol. The fourth-order valence-corrected chi connectivity index (χ4v) is 2.73. The van der Waals surface area contributed by atoms with Gasteiger partial charge in [-0.15, -0.1) is 0 Å². The Bertz CT molecular complexity index is 279. The lowest BCUT2D eigenvalue weighted by Crippen LogP contribution is -2.45. The summed E-state index contributed by atoms with van der Waals surface area (Å²) in [6.07, 6.45) is 1.30. The first-order valence-electron chi connectivity index (χ1n) is 5.55. The topological polar surface area (TPSA) is 75.6 Å². The molecule has 7 heteroatoms. The molecule has 0 aromatic rings. The third kappa shape index (κ3) is 9.47. The Balaban J connectivity index is 4.11. The zero-order chi connectivity index (χ0) is 14.2. The first-order valence-corrected chi connectivity index (χ1v) is 8.10. The molecule has 0 bridgehead atoms. The lowest BCUT2D eigenvalue weighted by atomic mass is 10.2. The van der Waals surface area contributed by atoms with Gasteiger partial charge in [0.1, 0.15) is 11.6 Å². The highest BCUT2D eigenvalue weighted by Crippen LogP contribution is 2.09. The molecule has 0 radical (unpaired) electrons. The van der Waals surface area contributed by atoms with E-state index in [4.69, 9.17) is 9.84 Å². The normalized spacial score (nSPS) is 12.9. The quantitative estimate of drug-likeness (QED) is 0.700. The zero-order valence-corrected chi connectivity index (χ0v) is 12.8. The number of rotatable bonds is 7. The molecule has 0 heterocycles. The van der Waals surface area contributed by atoms with Crippen LogP contribution in [0, 0.1) is 0 Å². The zero-order valence-electron chi connectivity index (χ0n) is 11.2. The van der Waals surface area contributed by atoms with Gasteiger partial charge in [0.25, 0.3) is 0 Å². The molecule has 0 fully saturated rings. The van der Waals surface area contributed by atoms with Crippen LogP contribution in [0.25, 0.3) is 0 Å². The van der Waals surface area contributed by atoms with Crippen LogP contribution in [0.15, 0.2) is 0 Å². The maximum absolute atomic E-state index is 11.5. The van der Waals surface area contributed by atoms with Gasteiger partial charge < -0.3 is 15.2 Å². The molecule has 1 amide bonds. The van der Waals surface area contributed by atoms with Crippen molar-refractivity contribution in [2.75, 3.05) is 23.5 Å². The fourth-order valence-electron chi connectivity index (χ4n) is 0.968. The second-order valence-electron chi connectivity index (χ2n) is 4.60. The number of aliphatic carboxylic acids is 1. The monoisotopic (exact) mass is 295 g/mol. The maximum atomic E-state index is 11.5. The van der Waals surface area contributed by atoms with Crippen LogP contribution < -0.4 is 5.32 Å². The highest BCUT2D eigenvalue weighted by molar-refractivity contribution is 8.02. The fraction of sp³-hybridized carbons (Fsp3) is 0.818. The van der Waals surface area contributed by atoms with Crippen LogP contribution in [0.3, 0.4) is 0 Å². The van der Waals surface area contributed by atoms with E-state index in [9.17, 15) is 9.59 Å². The molecule has 0 aromatic carbocycles. The molecule has 106 valence electrons. The smallest absolute Gasteiger partial charge is 0.408 e. The second kappa shape index (κ2) is 8.53. The highest BCUT2D eigenvalue weighted by atomic mass is 32.2. The van der Waals surface area contributed by atoms with E-state index < -0.39 is 23.7 Å². The maximum Gasteiger partial charge on any atom is 0.408 e. The first-order chi connectivity index (χ1) is 8.26. The van der Waals surface area contributed by atoms with Gasteiger partial charge in [-0.25, -0.2) is 9.59 Å². The van der Waals surface area contributed by atoms with Crippen molar-refractivity contribution in [3.05, 3.63) is 0 Å². The summed E-state index contributed by atoms with van der Waals surface area (Å²) in [7, 11) is 0. The molecule has 0 saturated carbocycles. The van der Waals surface area contributed by atoms with Crippen molar-refractivity contribution in [3.8, 4) is 0 Å². The standard InChI is InChI=1S/C11H21NO4S2/c1-11(2,3)16-10(15)12-8(9(13)14)7-18-6-5-17-4/h8H,5-7H2,1-4H3,(H,12,15)(H,13,14). The summed E-state index contributed by atoms with van der Waals surface area (Å²) in [5.41, 5.74) is -0.626. The molecule has 0 rings (SSSR count). The minimum Gasteiger partial charge on any atom is -0.480 e. The van der Waals surface area contributed by atoms with Crippen LogP contribution in [-0.2, 0) is 9.53 Å². The van der Waals surface area contributed by atoms with Crippen LogP contribution in [0.2, 0.25) is 0 Å². The lowest BCUT2D eigenvalue weighted by molar-refractivity contribution is -0.138.